The van der Waals surface area contributed by atoms with Crippen LogP contribution in [-0.4, -0.2) is 16.1 Å². The molecule has 0 bridgehead atoms. The summed E-state index contributed by atoms with van der Waals surface area (Å²) in [4.78, 5) is 11.9. The number of carbonyl (C=O) groups excluding carboxylic acids is 1. The normalized spacial score (nSPS) is 11.4. The van der Waals surface area contributed by atoms with Crippen LogP contribution in [0.1, 0.15) is 16.1 Å². The fourth-order valence-electron chi connectivity index (χ4n) is 1.85. The highest BCUT2D eigenvalue weighted by Crippen LogP contribution is 2.32. The van der Waals surface area contributed by atoms with Crippen molar-refractivity contribution in [2.75, 3.05) is 5.32 Å². The van der Waals surface area contributed by atoms with E-state index in [0.29, 0.717) is 5.13 Å². The molecule has 1 amide bonds. The summed E-state index contributed by atoms with van der Waals surface area (Å²) in [6, 6.07) is 7.50. The van der Waals surface area contributed by atoms with Crippen LogP contribution in [0.2, 0.25) is 0 Å². The van der Waals surface area contributed by atoms with E-state index in [1.54, 1.807) is 0 Å². The molecule has 1 N–H and O–H groups in total. The molecular weight excluding hydrogens is 331 g/mol. The Labute approximate surface area is 131 Å². The molecule has 5 nitrogen and oxygen atoms in total. The van der Waals surface area contributed by atoms with Crippen LogP contribution in [0.5, 0.6) is 0 Å². The summed E-state index contributed by atoms with van der Waals surface area (Å²) >= 11 is 1.13. The number of nitrogens with one attached hydrogen (secondary N) is 1. The molecule has 3 aromatic rings. The molecule has 1 aromatic carbocycles. The van der Waals surface area contributed by atoms with E-state index in [-0.39, 0.29) is 17.1 Å². The van der Waals surface area contributed by atoms with E-state index in [9.17, 15) is 18.0 Å². The highest BCUT2D eigenvalue weighted by molar-refractivity contribution is 7.13. The lowest BCUT2D eigenvalue weighted by Gasteiger charge is -2.07. The van der Waals surface area contributed by atoms with Crippen LogP contribution in [0.25, 0.3) is 11.3 Å². The second-order valence-electron chi connectivity index (χ2n) is 4.44. The predicted octanol–water partition coefficient (Wildman–Crippen LogP) is 4.07. The fourth-order valence-corrected chi connectivity index (χ4v) is 2.29. The number of furan rings is 1. The van der Waals surface area contributed by atoms with Gasteiger partial charge in [0.25, 0.3) is 5.91 Å². The van der Waals surface area contributed by atoms with Crippen LogP contribution >= 0.6 is 11.3 Å². The predicted molar refractivity (Wildman–Crippen MR) is 77.0 cm³/mol. The van der Waals surface area contributed by atoms with Crippen molar-refractivity contribution < 1.29 is 22.4 Å². The molecule has 2 aromatic heterocycles. The minimum atomic E-state index is -4.44. The first kappa shape index (κ1) is 15.2. The van der Waals surface area contributed by atoms with E-state index in [1.165, 1.54) is 29.8 Å². The van der Waals surface area contributed by atoms with Crippen LogP contribution in [0, 0.1) is 0 Å². The first-order chi connectivity index (χ1) is 10.9. The number of aromatic nitrogens is 2. The maximum Gasteiger partial charge on any atom is 0.416 e. The van der Waals surface area contributed by atoms with E-state index >= 15 is 0 Å². The zero-order valence-corrected chi connectivity index (χ0v) is 12.1. The molecule has 0 unspecified atom stereocenters. The Hall–Kier alpha value is -2.68. The number of anilines is 1. The average molecular weight is 339 g/mol. The van der Waals surface area contributed by atoms with Crippen molar-refractivity contribution in [1.29, 1.82) is 0 Å². The second kappa shape index (κ2) is 5.84. The first-order valence-electron chi connectivity index (χ1n) is 6.28. The van der Waals surface area contributed by atoms with Crippen molar-refractivity contribution in [2.24, 2.45) is 0 Å². The van der Waals surface area contributed by atoms with E-state index in [0.717, 1.165) is 23.5 Å². The summed E-state index contributed by atoms with van der Waals surface area (Å²) in [6.45, 7) is 0. The number of nitrogens with zero attached hydrogens (tertiary/aromatic N) is 2. The Morgan fingerprint density at radius 1 is 1.22 bits per heavy atom. The molecular formula is C14H8F3N3O2S. The average Bonchev–Trinajstić information content (AvgIpc) is 3.17. The third-order valence-electron chi connectivity index (χ3n) is 2.88. The van der Waals surface area contributed by atoms with Crippen molar-refractivity contribution in [3.63, 3.8) is 0 Å². The topological polar surface area (TPSA) is 68.0 Å². The number of hydrogen-bond donors (Lipinski definition) is 1. The third-order valence-corrected chi connectivity index (χ3v) is 3.49. The van der Waals surface area contributed by atoms with Gasteiger partial charge in [0.15, 0.2) is 5.76 Å². The minimum Gasteiger partial charge on any atom is -0.451 e. The van der Waals surface area contributed by atoms with E-state index in [4.69, 9.17) is 4.42 Å². The van der Waals surface area contributed by atoms with Gasteiger partial charge in [0.1, 0.15) is 11.3 Å². The summed E-state index contributed by atoms with van der Waals surface area (Å²) in [5, 5.41) is 10.00. The molecule has 0 aliphatic carbocycles. The fraction of sp³-hybridized carbons (Fsp3) is 0.0714. The molecule has 3 rings (SSSR count). The minimum absolute atomic E-state index is 0.0346. The quantitative estimate of drug-likeness (QED) is 0.781. The molecule has 2 heterocycles. The van der Waals surface area contributed by atoms with Gasteiger partial charge in [-0.3, -0.25) is 10.1 Å². The van der Waals surface area contributed by atoms with Gasteiger partial charge in [-0.05, 0) is 24.3 Å². The zero-order valence-electron chi connectivity index (χ0n) is 11.3. The van der Waals surface area contributed by atoms with Gasteiger partial charge >= 0.3 is 6.18 Å². The molecule has 0 radical (unpaired) electrons. The van der Waals surface area contributed by atoms with Crippen molar-refractivity contribution in [1.82, 2.24) is 10.2 Å². The molecule has 0 saturated carbocycles. The summed E-state index contributed by atoms with van der Waals surface area (Å²) < 4.78 is 43.5. The lowest BCUT2D eigenvalue weighted by molar-refractivity contribution is -0.137. The van der Waals surface area contributed by atoms with Gasteiger partial charge in [-0.15, -0.1) is 10.2 Å². The van der Waals surface area contributed by atoms with Crippen LogP contribution in [0.3, 0.4) is 0 Å². The third kappa shape index (κ3) is 3.39. The van der Waals surface area contributed by atoms with Gasteiger partial charge in [-0.1, -0.05) is 23.5 Å². The summed E-state index contributed by atoms with van der Waals surface area (Å²) in [5.41, 5.74) is 0.896. The van der Waals surface area contributed by atoms with Crippen LogP contribution in [0.4, 0.5) is 18.3 Å². The van der Waals surface area contributed by atoms with Gasteiger partial charge in [0.2, 0.25) is 5.13 Å². The van der Waals surface area contributed by atoms with Gasteiger partial charge in [0.05, 0.1) is 5.56 Å². The molecule has 0 aliphatic heterocycles. The molecule has 0 fully saturated rings. The summed E-state index contributed by atoms with van der Waals surface area (Å²) in [6.07, 6.45) is -4.44. The maximum atomic E-state index is 12.7. The number of carbonyl (C=O) groups is 1. The molecule has 0 aliphatic rings. The standard InChI is InChI=1S/C14H8F3N3O2S/c15-14(16,17)9-3-1-2-8(6-9)10-4-5-11(22-10)12(21)19-13-20-18-7-23-13/h1-7H,(H,19,20,21). The molecule has 118 valence electrons. The number of benzene rings is 1. The number of halogens is 3. The monoisotopic (exact) mass is 339 g/mol. The van der Waals surface area contributed by atoms with Gasteiger partial charge in [-0.25, -0.2) is 0 Å². The molecule has 9 heteroatoms. The highest BCUT2D eigenvalue weighted by Gasteiger charge is 2.30. The first-order valence-corrected chi connectivity index (χ1v) is 7.16. The van der Waals surface area contributed by atoms with Gasteiger partial charge in [-0.2, -0.15) is 13.2 Å². The van der Waals surface area contributed by atoms with Gasteiger partial charge < -0.3 is 4.42 Å². The zero-order chi connectivity index (χ0) is 16.4. The van der Waals surface area contributed by atoms with Crippen LogP contribution in [-0.2, 0) is 6.18 Å². The Morgan fingerprint density at radius 2 is 2.04 bits per heavy atom. The van der Waals surface area contributed by atoms with Gasteiger partial charge in [0, 0.05) is 5.56 Å². The van der Waals surface area contributed by atoms with Crippen LogP contribution in [0.15, 0.2) is 46.3 Å². The Balaban J connectivity index is 1.83. The lowest BCUT2D eigenvalue weighted by Crippen LogP contribution is -2.10. The van der Waals surface area contributed by atoms with Crippen molar-refractivity contribution in [3.05, 3.63) is 53.2 Å². The Kier molecular flexibility index (Phi) is 3.87. The van der Waals surface area contributed by atoms with E-state index < -0.39 is 17.6 Å². The number of alkyl halides is 3. The smallest absolute Gasteiger partial charge is 0.416 e. The Morgan fingerprint density at radius 3 is 2.74 bits per heavy atom. The summed E-state index contributed by atoms with van der Waals surface area (Å²) in [5.74, 6) is -0.425. The highest BCUT2D eigenvalue weighted by atomic mass is 32.1. The SMILES string of the molecule is O=C(Nc1nncs1)c1ccc(-c2cccc(C(F)(F)F)c2)o1. The largest absolute Gasteiger partial charge is 0.451 e. The molecule has 0 atom stereocenters. The second-order valence-corrected chi connectivity index (χ2v) is 5.27. The lowest BCUT2D eigenvalue weighted by atomic mass is 10.1. The Bertz CT molecular complexity index is 828. The van der Waals surface area contributed by atoms with Crippen molar-refractivity contribution >= 4 is 22.4 Å². The van der Waals surface area contributed by atoms with E-state index in [1.807, 2.05) is 0 Å². The molecule has 23 heavy (non-hydrogen) atoms. The molecule has 0 saturated heterocycles. The van der Waals surface area contributed by atoms with Crippen molar-refractivity contribution in [3.8, 4) is 11.3 Å². The van der Waals surface area contributed by atoms with Crippen LogP contribution < -0.4 is 5.32 Å². The van der Waals surface area contributed by atoms with E-state index in [2.05, 4.69) is 15.5 Å². The maximum absolute atomic E-state index is 12.7. The number of rotatable bonds is 3. The molecule has 0 spiro atoms. The number of amides is 1. The summed E-state index contributed by atoms with van der Waals surface area (Å²) in [7, 11) is 0. The number of hydrogen-bond acceptors (Lipinski definition) is 5. The van der Waals surface area contributed by atoms with Crippen molar-refractivity contribution in [2.45, 2.75) is 6.18 Å².